The summed E-state index contributed by atoms with van der Waals surface area (Å²) >= 11 is 0. The van der Waals surface area contributed by atoms with Crippen LogP contribution in [0.4, 0.5) is 0 Å². The summed E-state index contributed by atoms with van der Waals surface area (Å²) in [5.41, 5.74) is 0.811. The zero-order valence-electron chi connectivity index (χ0n) is 15.5. The maximum Gasteiger partial charge on any atom is 0.192 e. The molecule has 0 fully saturated rings. The number of carbonyl (C=O) groups is 1. The van der Waals surface area contributed by atoms with Crippen LogP contribution in [0.5, 0.6) is 0 Å². The average molecular weight is 323 g/mol. The van der Waals surface area contributed by atoms with Crippen LogP contribution in [-0.2, 0) is 9.22 Å². The molecule has 0 saturated heterocycles. The van der Waals surface area contributed by atoms with Crippen molar-refractivity contribution < 1.29 is 9.22 Å². The van der Waals surface area contributed by atoms with Crippen molar-refractivity contribution in [2.45, 2.75) is 78.1 Å². The predicted octanol–water partition coefficient (Wildman–Crippen LogP) is 5.82. The molecule has 0 radical (unpaired) electrons. The van der Waals surface area contributed by atoms with Crippen LogP contribution in [0.25, 0.3) is 0 Å². The second kappa shape index (κ2) is 9.96. The zero-order chi connectivity index (χ0) is 17.2. The normalized spacial score (nSPS) is 15.7. The smallest absolute Gasteiger partial charge is 0.192 e. The van der Waals surface area contributed by atoms with Gasteiger partial charge in [-0.05, 0) is 56.8 Å². The number of aldehydes is 1. The van der Waals surface area contributed by atoms with Crippen molar-refractivity contribution in [3.63, 3.8) is 0 Å². The van der Waals surface area contributed by atoms with Crippen LogP contribution in [0.1, 0.15) is 53.9 Å². The Balaban J connectivity index is 4.74. The van der Waals surface area contributed by atoms with Gasteiger partial charge in [0.15, 0.2) is 8.32 Å². The molecule has 0 aliphatic rings. The van der Waals surface area contributed by atoms with E-state index in [9.17, 15) is 4.79 Å². The van der Waals surface area contributed by atoms with E-state index < -0.39 is 8.32 Å². The van der Waals surface area contributed by atoms with E-state index in [-0.39, 0.29) is 11.1 Å². The summed E-state index contributed by atoms with van der Waals surface area (Å²) in [6.45, 7) is 15.2. The van der Waals surface area contributed by atoms with E-state index in [0.717, 1.165) is 31.1 Å². The summed E-state index contributed by atoms with van der Waals surface area (Å²) in [6.07, 6.45) is 14.3. The Kier molecular flexibility index (Phi) is 9.54. The Morgan fingerprint density at radius 1 is 1.23 bits per heavy atom. The maximum absolute atomic E-state index is 10.6. The summed E-state index contributed by atoms with van der Waals surface area (Å²) in [4.78, 5) is 10.6. The van der Waals surface area contributed by atoms with E-state index in [1.165, 1.54) is 0 Å². The number of allylic oxidation sites excluding steroid dienone is 5. The van der Waals surface area contributed by atoms with Gasteiger partial charge < -0.3 is 4.43 Å². The molecule has 1 atom stereocenters. The minimum absolute atomic E-state index is 0.155. The van der Waals surface area contributed by atoms with Gasteiger partial charge in [-0.15, -0.1) is 0 Å². The Hall–Kier alpha value is -0.933. The second-order valence-electron chi connectivity index (χ2n) is 7.32. The molecule has 0 rings (SSSR count). The fourth-order valence-electron chi connectivity index (χ4n) is 1.75. The molecular formula is C19H34O2Si. The third-order valence-electron chi connectivity index (χ3n) is 4.23. The van der Waals surface area contributed by atoms with Gasteiger partial charge in [0.05, 0.1) is 6.10 Å². The van der Waals surface area contributed by atoms with Crippen molar-refractivity contribution in [2.24, 2.45) is 0 Å². The number of unbranched alkanes of at least 4 members (excludes halogenated alkanes) is 1. The molecule has 0 unspecified atom stereocenters. The first-order valence-electron chi connectivity index (χ1n) is 8.23. The van der Waals surface area contributed by atoms with Crippen LogP contribution in [0.2, 0.25) is 18.1 Å². The third-order valence-corrected chi connectivity index (χ3v) is 8.73. The molecule has 126 valence electrons. The second-order valence-corrected chi connectivity index (χ2v) is 12.1. The van der Waals surface area contributed by atoms with Gasteiger partial charge in [-0.3, -0.25) is 4.79 Å². The van der Waals surface area contributed by atoms with Crippen LogP contribution >= 0.6 is 0 Å². The topological polar surface area (TPSA) is 26.3 Å². The number of carbonyl (C=O) groups excluding carboxylic acids is 1. The van der Waals surface area contributed by atoms with Gasteiger partial charge in [0, 0.05) is 0 Å². The Morgan fingerprint density at radius 2 is 1.86 bits per heavy atom. The first-order valence-corrected chi connectivity index (χ1v) is 11.1. The van der Waals surface area contributed by atoms with Gasteiger partial charge in [-0.2, -0.15) is 0 Å². The van der Waals surface area contributed by atoms with Crippen molar-refractivity contribution in [3.05, 3.63) is 36.0 Å². The highest BCUT2D eigenvalue weighted by atomic mass is 28.4. The van der Waals surface area contributed by atoms with Gasteiger partial charge in [0.2, 0.25) is 0 Å². The Bertz CT molecular complexity index is 412. The van der Waals surface area contributed by atoms with E-state index in [4.69, 9.17) is 4.43 Å². The summed E-state index contributed by atoms with van der Waals surface area (Å²) in [7, 11) is -1.76. The molecule has 0 aromatic rings. The lowest BCUT2D eigenvalue weighted by Crippen LogP contribution is -2.43. The lowest BCUT2D eigenvalue weighted by atomic mass is 10.1. The van der Waals surface area contributed by atoms with E-state index >= 15 is 0 Å². The molecule has 0 aromatic carbocycles. The van der Waals surface area contributed by atoms with Crippen LogP contribution in [0.3, 0.4) is 0 Å². The molecule has 22 heavy (non-hydrogen) atoms. The largest absolute Gasteiger partial charge is 0.411 e. The monoisotopic (exact) mass is 322 g/mol. The van der Waals surface area contributed by atoms with Gasteiger partial charge in [-0.1, -0.05) is 51.2 Å². The highest BCUT2D eigenvalue weighted by Gasteiger charge is 2.38. The summed E-state index contributed by atoms with van der Waals surface area (Å²) in [5, 5.41) is 0.216. The Labute approximate surface area is 138 Å². The lowest BCUT2D eigenvalue weighted by Gasteiger charge is -2.38. The first kappa shape index (κ1) is 21.1. The van der Waals surface area contributed by atoms with Crippen LogP contribution in [0, 0.1) is 0 Å². The molecule has 0 saturated carbocycles. The average Bonchev–Trinajstić information content (AvgIpc) is 2.41. The molecule has 0 spiro atoms. The summed E-state index contributed by atoms with van der Waals surface area (Å²) in [5.74, 6) is 0. The molecule has 0 aliphatic heterocycles. The SMILES string of the molecule is C/C=C/C=C/[C@@H](CCC/C=C(\C)C=O)O[Si](C)(C)C(C)(C)C. The minimum Gasteiger partial charge on any atom is -0.411 e. The maximum atomic E-state index is 10.6. The van der Waals surface area contributed by atoms with Crippen LogP contribution < -0.4 is 0 Å². The summed E-state index contributed by atoms with van der Waals surface area (Å²) < 4.78 is 6.51. The fraction of sp³-hybridized carbons (Fsp3) is 0.632. The first-order chi connectivity index (χ1) is 10.1. The molecule has 3 heteroatoms. The van der Waals surface area contributed by atoms with E-state index in [1.54, 1.807) is 0 Å². The predicted molar refractivity (Wildman–Crippen MR) is 99.7 cm³/mol. The highest BCUT2D eigenvalue weighted by molar-refractivity contribution is 6.74. The van der Waals surface area contributed by atoms with Crippen molar-refractivity contribution in [3.8, 4) is 0 Å². The van der Waals surface area contributed by atoms with Crippen molar-refractivity contribution in [1.29, 1.82) is 0 Å². The standard InChI is InChI=1S/C19H34O2Si/c1-8-9-10-14-18(15-12-11-13-17(2)16-20)21-22(6,7)19(3,4)5/h8-10,13-14,16,18H,11-12,15H2,1-7H3/b9-8+,14-10+,17-13+/t18-/m0/s1. The zero-order valence-corrected chi connectivity index (χ0v) is 16.5. The van der Waals surface area contributed by atoms with Crippen molar-refractivity contribution in [1.82, 2.24) is 0 Å². The molecular weight excluding hydrogens is 288 g/mol. The molecule has 0 bridgehead atoms. The number of hydrogen-bond acceptors (Lipinski definition) is 2. The lowest BCUT2D eigenvalue weighted by molar-refractivity contribution is -0.104. The van der Waals surface area contributed by atoms with Crippen LogP contribution in [0.15, 0.2) is 36.0 Å². The van der Waals surface area contributed by atoms with E-state index in [0.29, 0.717) is 0 Å². The number of rotatable bonds is 9. The molecule has 0 amide bonds. The van der Waals surface area contributed by atoms with Gasteiger partial charge in [0.25, 0.3) is 0 Å². The van der Waals surface area contributed by atoms with Crippen LogP contribution in [-0.4, -0.2) is 20.7 Å². The van der Waals surface area contributed by atoms with E-state index in [2.05, 4.69) is 46.0 Å². The van der Waals surface area contributed by atoms with Gasteiger partial charge in [0.1, 0.15) is 6.29 Å². The van der Waals surface area contributed by atoms with Crippen molar-refractivity contribution in [2.75, 3.05) is 0 Å². The molecule has 0 aliphatic carbocycles. The minimum atomic E-state index is -1.76. The third kappa shape index (κ3) is 8.50. The van der Waals surface area contributed by atoms with Gasteiger partial charge >= 0.3 is 0 Å². The Morgan fingerprint density at radius 3 is 2.36 bits per heavy atom. The molecule has 0 heterocycles. The summed E-state index contributed by atoms with van der Waals surface area (Å²) in [6, 6.07) is 0. The van der Waals surface area contributed by atoms with Crippen molar-refractivity contribution >= 4 is 14.6 Å². The van der Waals surface area contributed by atoms with E-state index in [1.807, 2.05) is 32.1 Å². The molecule has 0 N–H and O–H groups in total. The molecule has 0 aromatic heterocycles. The fourth-order valence-corrected chi connectivity index (χ4v) is 3.05. The molecule has 2 nitrogen and oxygen atoms in total. The highest BCUT2D eigenvalue weighted by Crippen LogP contribution is 2.37. The quantitative estimate of drug-likeness (QED) is 0.176. The van der Waals surface area contributed by atoms with Gasteiger partial charge in [-0.25, -0.2) is 0 Å². The number of hydrogen-bond donors (Lipinski definition) is 0.